The molecule has 0 N–H and O–H groups in total. The second-order valence-corrected chi connectivity index (χ2v) is 6.81. The van der Waals surface area contributed by atoms with Crippen LogP contribution in [0.3, 0.4) is 0 Å². The summed E-state index contributed by atoms with van der Waals surface area (Å²) >= 11 is 0. The Hall–Kier alpha value is -4.46. The lowest BCUT2D eigenvalue weighted by atomic mass is 10.2. The van der Waals surface area contributed by atoms with Crippen LogP contribution in [0.5, 0.6) is 17.2 Å². The summed E-state index contributed by atoms with van der Waals surface area (Å²) in [6.07, 6.45) is 4.24. The summed E-state index contributed by atoms with van der Waals surface area (Å²) < 4.78 is 20.2. The van der Waals surface area contributed by atoms with E-state index in [9.17, 15) is 19.2 Å². The number of esters is 4. The van der Waals surface area contributed by atoms with E-state index in [1.165, 1.54) is 48.6 Å². The van der Waals surface area contributed by atoms with Gasteiger partial charge in [0, 0.05) is 17.7 Å². The summed E-state index contributed by atoms with van der Waals surface area (Å²) in [5.74, 6) is -1.66. The van der Waals surface area contributed by atoms with Crippen LogP contribution in [0.15, 0.2) is 79.4 Å². The van der Waals surface area contributed by atoms with E-state index >= 15 is 0 Å². The molecule has 0 amide bonds. The van der Waals surface area contributed by atoms with Gasteiger partial charge in [-0.25, -0.2) is 14.4 Å². The Morgan fingerprint density at radius 3 is 1.91 bits per heavy atom. The van der Waals surface area contributed by atoms with Crippen molar-refractivity contribution in [3.8, 4) is 17.2 Å². The Labute approximate surface area is 197 Å². The third-order valence-electron chi connectivity index (χ3n) is 4.04. The van der Waals surface area contributed by atoms with Crippen molar-refractivity contribution in [3.05, 3.63) is 85.0 Å². The van der Waals surface area contributed by atoms with E-state index in [4.69, 9.17) is 18.9 Å². The van der Waals surface area contributed by atoms with Gasteiger partial charge in [0.2, 0.25) is 0 Å². The van der Waals surface area contributed by atoms with Crippen LogP contribution in [0.4, 0.5) is 0 Å². The maximum Gasteiger partial charge on any atom is 0.339 e. The van der Waals surface area contributed by atoms with Gasteiger partial charge in [-0.15, -0.1) is 0 Å². The van der Waals surface area contributed by atoms with Crippen LogP contribution in [0, 0.1) is 0 Å². The van der Waals surface area contributed by atoms with Gasteiger partial charge in [0.25, 0.3) is 0 Å². The van der Waals surface area contributed by atoms with Crippen molar-refractivity contribution in [3.63, 3.8) is 0 Å². The van der Waals surface area contributed by atoms with Crippen molar-refractivity contribution in [2.75, 3.05) is 6.61 Å². The molecule has 8 nitrogen and oxygen atoms in total. The molecule has 2 aromatic rings. The first-order valence-corrected chi connectivity index (χ1v) is 10.3. The van der Waals surface area contributed by atoms with E-state index in [2.05, 4.69) is 13.2 Å². The summed E-state index contributed by atoms with van der Waals surface area (Å²) in [5.41, 5.74) is 0.644. The van der Waals surface area contributed by atoms with Gasteiger partial charge < -0.3 is 18.9 Å². The third kappa shape index (κ3) is 8.96. The van der Waals surface area contributed by atoms with Crippen molar-refractivity contribution >= 4 is 30.0 Å². The quantitative estimate of drug-likeness (QED) is 0.277. The lowest BCUT2D eigenvalue weighted by Gasteiger charge is -2.07. The van der Waals surface area contributed by atoms with Crippen molar-refractivity contribution in [2.45, 2.75) is 19.8 Å². The molecule has 0 aliphatic rings. The lowest BCUT2D eigenvalue weighted by Crippen LogP contribution is -2.15. The number of hydrogen-bond acceptors (Lipinski definition) is 8. The fraction of sp³-hybridized carbons (Fsp3) is 0.154. The fourth-order valence-electron chi connectivity index (χ4n) is 2.39. The van der Waals surface area contributed by atoms with Gasteiger partial charge in [-0.05, 0) is 54.5 Å². The lowest BCUT2D eigenvalue weighted by molar-refractivity contribution is -0.144. The molecule has 8 heteroatoms. The summed E-state index contributed by atoms with van der Waals surface area (Å²) in [6, 6.07) is 12.3. The molecule has 0 unspecified atom stereocenters. The summed E-state index contributed by atoms with van der Waals surface area (Å²) in [6.45, 7) is 9.01. The van der Waals surface area contributed by atoms with E-state index in [0.29, 0.717) is 17.7 Å². The average molecular weight is 464 g/mol. The number of carbonyl (C=O) groups is 4. The van der Waals surface area contributed by atoms with E-state index in [1.807, 2.05) is 6.92 Å². The molecule has 0 fully saturated rings. The average Bonchev–Trinajstić information content (AvgIpc) is 2.83. The van der Waals surface area contributed by atoms with Gasteiger partial charge in [-0.1, -0.05) is 32.2 Å². The Morgan fingerprint density at radius 2 is 1.35 bits per heavy atom. The Balaban J connectivity index is 1.84. The number of rotatable bonds is 11. The van der Waals surface area contributed by atoms with Gasteiger partial charge in [-0.2, -0.15) is 0 Å². The maximum absolute atomic E-state index is 12.1. The number of carbonyl (C=O) groups excluding carboxylic acids is 4. The van der Waals surface area contributed by atoms with Gasteiger partial charge in [-0.3, -0.25) is 4.79 Å². The molecule has 2 rings (SSSR count). The molecule has 0 aliphatic heterocycles. The molecular weight excluding hydrogens is 440 g/mol. The Morgan fingerprint density at radius 1 is 0.824 bits per heavy atom. The number of ether oxygens (including phenoxy) is 4. The van der Waals surface area contributed by atoms with Crippen molar-refractivity contribution < 1.29 is 38.1 Å². The van der Waals surface area contributed by atoms with E-state index < -0.39 is 23.9 Å². The molecule has 0 bridgehead atoms. The van der Waals surface area contributed by atoms with Crippen LogP contribution in [-0.4, -0.2) is 30.5 Å². The van der Waals surface area contributed by atoms with Crippen molar-refractivity contribution in [1.82, 2.24) is 0 Å². The highest BCUT2D eigenvalue weighted by molar-refractivity contribution is 5.94. The molecule has 0 radical (unpaired) electrons. The Kier molecular flexibility index (Phi) is 9.99. The van der Waals surface area contributed by atoms with Crippen LogP contribution in [-0.2, 0) is 23.9 Å². The number of hydrogen-bond donors (Lipinski definition) is 0. The van der Waals surface area contributed by atoms with E-state index in [1.54, 1.807) is 12.1 Å². The highest BCUT2D eigenvalue weighted by Crippen LogP contribution is 2.19. The van der Waals surface area contributed by atoms with Gasteiger partial charge in [0.05, 0.1) is 13.0 Å². The molecule has 2 aromatic carbocycles. The zero-order chi connectivity index (χ0) is 24.9. The predicted molar refractivity (Wildman–Crippen MR) is 124 cm³/mol. The summed E-state index contributed by atoms with van der Waals surface area (Å²) in [7, 11) is 0. The van der Waals surface area contributed by atoms with Crippen LogP contribution in [0.1, 0.15) is 25.3 Å². The van der Waals surface area contributed by atoms with E-state index in [-0.39, 0.29) is 30.1 Å². The molecule has 0 saturated heterocycles. The topological polar surface area (TPSA) is 105 Å². The monoisotopic (exact) mass is 464 g/mol. The second kappa shape index (κ2) is 13.2. The molecule has 34 heavy (non-hydrogen) atoms. The predicted octanol–water partition coefficient (Wildman–Crippen LogP) is 4.20. The molecular formula is C26H24O8. The third-order valence-corrected chi connectivity index (χ3v) is 4.04. The van der Waals surface area contributed by atoms with Gasteiger partial charge in [0.1, 0.15) is 17.2 Å². The first-order chi connectivity index (χ1) is 16.3. The zero-order valence-electron chi connectivity index (χ0n) is 18.7. The summed E-state index contributed by atoms with van der Waals surface area (Å²) in [4.78, 5) is 46.8. The minimum Gasteiger partial charge on any atom is -0.465 e. The standard InChI is InChI=1S/C26H24O8/c1-4-16-31-25(29)17-18(3)26(30)34-22-9-6-19(7-10-22)8-15-24(28)33-21-13-11-20(12-14-21)32-23(27)5-2/h5-15H,2-4,16-17H2,1H3/b15-8+. The highest BCUT2D eigenvalue weighted by Gasteiger charge is 2.15. The van der Waals surface area contributed by atoms with Crippen LogP contribution >= 0.6 is 0 Å². The largest absolute Gasteiger partial charge is 0.465 e. The molecule has 176 valence electrons. The van der Waals surface area contributed by atoms with Crippen molar-refractivity contribution in [2.24, 2.45) is 0 Å². The van der Waals surface area contributed by atoms with Crippen LogP contribution in [0.25, 0.3) is 6.08 Å². The fourth-order valence-corrected chi connectivity index (χ4v) is 2.39. The molecule has 0 spiro atoms. The molecule has 0 heterocycles. The van der Waals surface area contributed by atoms with E-state index in [0.717, 1.165) is 6.08 Å². The smallest absolute Gasteiger partial charge is 0.339 e. The maximum atomic E-state index is 12.1. The summed E-state index contributed by atoms with van der Waals surface area (Å²) in [5, 5.41) is 0. The SMILES string of the molecule is C=CC(=O)Oc1ccc(OC(=O)/C=C/c2ccc(OC(=O)C(=C)CC(=O)OCCC)cc2)cc1. The minimum absolute atomic E-state index is 0.0141. The second-order valence-electron chi connectivity index (χ2n) is 6.81. The molecule has 0 atom stereocenters. The first kappa shape index (κ1) is 25.8. The highest BCUT2D eigenvalue weighted by atomic mass is 16.5. The number of benzene rings is 2. The zero-order valence-corrected chi connectivity index (χ0v) is 18.7. The van der Waals surface area contributed by atoms with Crippen LogP contribution in [0.2, 0.25) is 0 Å². The molecule has 0 saturated carbocycles. The first-order valence-electron chi connectivity index (χ1n) is 10.3. The van der Waals surface area contributed by atoms with Crippen LogP contribution < -0.4 is 14.2 Å². The Bertz CT molecular complexity index is 1080. The van der Waals surface area contributed by atoms with Gasteiger partial charge >= 0.3 is 23.9 Å². The van der Waals surface area contributed by atoms with Crippen molar-refractivity contribution in [1.29, 1.82) is 0 Å². The molecule has 0 aliphatic carbocycles. The normalized spacial score (nSPS) is 10.3. The van der Waals surface area contributed by atoms with Gasteiger partial charge in [0.15, 0.2) is 0 Å². The molecule has 0 aromatic heterocycles. The minimum atomic E-state index is -0.731.